The van der Waals surface area contributed by atoms with Crippen molar-refractivity contribution in [1.29, 1.82) is 0 Å². The van der Waals surface area contributed by atoms with Gasteiger partial charge in [-0.3, -0.25) is 4.72 Å². The monoisotopic (exact) mass is 356 g/mol. The van der Waals surface area contributed by atoms with Crippen LogP contribution in [-0.4, -0.2) is 23.5 Å². The van der Waals surface area contributed by atoms with Crippen LogP contribution in [0.4, 0.5) is 5.82 Å². The SMILES string of the molecule is Cc1nc(-c2csc(S(=O)(=O)Nc3ccc(Cl)cn3)c2)no1. The van der Waals surface area contributed by atoms with Crippen LogP contribution in [0.15, 0.2) is 38.5 Å². The number of nitrogens with one attached hydrogen (secondary N) is 1. The molecule has 0 aromatic carbocycles. The summed E-state index contributed by atoms with van der Waals surface area (Å²) in [6, 6.07) is 4.51. The van der Waals surface area contributed by atoms with Gasteiger partial charge < -0.3 is 4.52 Å². The average Bonchev–Trinajstić information content (AvgIpc) is 3.10. The van der Waals surface area contributed by atoms with E-state index in [1.165, 1.54) is 18.3 Å². The van der Waals surface area contributed by atoms with Gasteiger partial charge in [0.1, 0.15) is 10.0 Å². The third-order valence-electron chi connectivity index (χ3n) is 2.59. The first-order chi connectivity index (χ1) is 10.4. The van der Waals surface area contributed by atoms with E-state index in [0.717, 1.165) is 11.3 Å². The van der Waals surface area contributed by atoms with E-state index in [1.807, 2.05) is 0 Å². The molecule has 0 saturated heterocycles. The summed E-state index contributed by atoms with van der Waals surface area (Å²) in [4.78, 5) is 7.96. The fraction of sp³-hybridized carbons (Fsp3) is 0.0833. The summed E-state index contributed by atoms with van der Waals surface area (Å²) in [6.45, 7) is 1.66. The number of rotatable bonds is 4. The highest BCUT2D eigenvalue weighted by molar-refractivity contribution is 7.94. The normalized spacial score (nSPS) is 11.5. The van der Waals surface area contributed by atoms with Gasteiger partial charge in [0.2, 0.25) is 11.7 Å². The highest BCUT2D eigenvalue weighted by atomic mass is 35.5. The van der Waals surface area contributed by atoms with Gasteiger partial charge in [-0.25, -0.2) is 13.4 Å². The fourth-order valence-corrected chi connectivity index (χ4v) is 3.89. The van der Waals surface area contributed by atoms with Gasteiger partial charge in [-0.1, -0.05) is 16.8 Å². The molecule has 0 radical (unpaired) electrons. The molecule has 1 N–H and O–H groups in total. The van der Waals surface area contributed by atoms with E-state index in [0.29, 0.717) is 22.3 Å². The van der Waals surface area contributed by atoms with E-state index < -0.39 is 10.0 Å². The molecule has 0 aliphatic rings. The maximum atomic E-state index is 12.3. The molecule has 0 atom stereocenters. The molecule has 0 saturated carbocycles. The second-order valence-corrected chi connectivity index (χ2v) is 7.52. The number of halogens is 1. The predicted molar refractivity (Wildman–Crippen MR) is 82.4 cm³/mol. The lowest BCUT2D eigenvalue weighted by Crippen LogP contribution is -2.12. The third-order valence-corrected chi connectivity index (χ3v) is 5.61. The summed E-state index contributed by atoms with van der Waals surface area (Å²) in [6.07, 6.45) is 1.36. The molecule has 7 nitrogen and oxygen atoms in total. The van der Waals surface area contributed by atoms with Gasteiger partial charge in [0.25, 0.3) is 10.0 Å². The molecule has 3 aromatic heterocycles. The molecule has 3 heterocycles. The minimum Gasteiger partial charge on any atom is -0.339 e. The molecule has 0 aliphatic carbocycles. The molecule has 0 aliphatic heterocycles. The third kappa shape index (κ3) is 3.11. The standard InChI is InChI=1S/C12H9ClN4O3S2/c1-7-15-12(16-20-7)8-4-11(21-6-8)22(18,19)17-10-3-2-9(13)5-14-10/h2-6H,1H3,(H,14,17). The van der Waals surface area contributed by atoms with E-state index in [9.17, 15) is 8.42 Å². The lowest BCUT2D eigenvalue weighted by molar-refractivity contribution is 0.394. The van der Waals surface area contributed by atoms with E-state index >= 15 is 0 Å². The molecular weight excluding hydrogens is 348 g/mol. The largest absolute Gasteiger partial charge is 0.339 e. The molecular formula is C12H9ClN4O3S2. The Hall–Kier alpha value is -1.97. The molecule has 0 unspecified atom stereocenters. The van der Waals surface area contributed by atoms with Crippen molar-refractivity contribution >= 4 is 38.8 Å². The molecule has 3 aromatic rings. The second-order valence-electron chi connectivity index (χ2n) is 4.26. The highest BCUT2D eigenvalue weighted by Crippen LogP contribution is 2.28. The van der Waals surface area contributed by atoms with Gasteiger partial charge in [0.15, 0.2) is 0 Å². The Morgan fingerprint density at radius 2 is 2.18 bits per heavy atom. The van der Waals surface area contributed by atoms with Crippen molar-refractivity contribution in [1.82, 2.24) is 15.1 Å². The Labute approximate surface area is 135 Å². The number of anilines is 1. The van der Waals surface area contributed by atoms with Crippen molar-refractivity contribution in [2.45, 2.75) is 11.1 Å². The van der Waals surface area contributed by atoms with Crippen molar-refractivity contribution in [3.05, 3.63) is 40.7 Å². The Kier molecular flexibility index (Phi) is 3.85. The minimum atomic E-state index is -3.73. The Morgan fingerprint density at radius 1 is 1.36 bits per heavy atom. The molecule has 0 bridgehead atoms. The van der Waals surface area contributed by atoms with Crippen molar-refractivity contribution in [2.24, 2.45) is 0 Å². The van der Waals surface area contributed by atoms with Gasteiger partial charge >= 0.3 is 0 Å². The maximum Gasteiger partial charge on any atom is 0.272 e. The Morgan fingerprint density at radius 3 is 2.82 bits per heavy atom. The van der Waals surface area contributed by atoms with Crippen LogP contribution >= 0.6 is 22.9 Å². The smallest absolute Gasteiger partial charge is 0.272 e. The molecule has 114 valence electrons. The summed E-state index contributed by atoms with van der Waals surface area (Å²) in [5, 5.41) is 5.83. The van der Waals surface area contributed by atoms with Crippen molar-refractivity contribution in [2.75, 3.05) is 4.72 Å². The van der Waals surface area contributed by atoms with Gasteiger partial charge in [0, 0.05) is 24.1 Å². The zero-order valence-electron chi connectivity index (χ0n) is 11.1. The van der Waals surface area contributed by atoms with Crippen molar-refractivity contribution in [3.63, 3.8) is 0 Å². The number of hydrogen-bond acceptors (Lipinski definition) is 7. The summed E-state index contributed by atoms with van der Waals surface area (Å²) in [5.74, 6) is 0.948. The van der Waals surface area contributed by atoms with Gasteiger partial charge in [0.05, 0.1) is 5.02 Å². The van der Waals surface area contributed by atoms with Crippen molar-refractivity contribution < 1.29 is 12.9 Å². The fourth-order valence-electron chi connectivity index (χ4n) is 1.62. The molecule has 22 heavy (non-hydrogen) atoms. The minimum absolute atomic E-state index is 0.127. The number of nitrogens with zero attached hydrogens (tertiary/aromatic N) is 3. The van der Waals surface area contributed by atoms with Crippen LogP contribution in [0.5, 0.6) is 0 Å². The van der Waals surface area contributed by atoms with Crippen LogP contribution in [0, 0.1) is 6.92 Å². The van der Waals surface area contributed by atoms with Crippen LogP contribution in [-0.2, 0) is 10.0 Å². The molecule has 0 amide bonds. The number of pyridine rings is 1. The second kappa shape index (κ2) is 5.67. The first kappa shape index (κ1) is 14.9. The Bertz CT molecular complexity index is 903. The molecule has 10 heteroatoms. The molecule has 0 fully saturated rings. The molecule has 3 rings (SSSR count). The lowest BCUT2D eigenvalue weighted by atomic mass is 10.3. The number of aryl methyl sites for hydroxylation is 1. The van der Waals surface area contributed by atoms with Gasteiger partial charge in [-0.2, -0.15) is 4.98 Å². The van der Waals surface area contributed by atoms with Crippen molar-refractivity contribution in [3.8, 4) is 11.4 Å². The van der Waals surface area contributed by atoms with E-state index in [-0.39, 0.29) is 10.0 Å². The van der Waals surface area contributed by atoms with Gasteiger partial charge in [-0.15, -0.1) is 11.3 Å². The highest BCUT2D eigenvalue weighted by Gasteiger charge is 2.19. The summed E-state index contributed by atoms with van der Waals surface area (Å²) in [5.41, 5.74) is 0.575. The van der Waals surface area contributed by atoms with Crippen LogP contribution in [0.1, 0.15) is 5.89 Å². The maximum absolute atomic E-state index is 12.3. The lowest BCUT2D eigenvalue weighted by Gasteiger charge is -2.04. The number of thiophene rings is 1. The number of hydrogen-bond donors (Lipinski definition) is 1. The van der Waals surface area contributed by atoms with E-state index in [2.05, 4.69) is 19.8 Å². The summed E-state index contributed by atoms with van der Waals surface area (Å²) >= 11 is 6.77. The number of sulfonamides is 1. The first-order valence-corrected chi connectivity index (χ1v) is 8.72. The zero-order chi connectivity index (χ0) is 15.7. The van der Waals surface area contributed by atoms with E-state index in [1.54, 1.807) is 18.4 Å². The number of aromatic nitrogens is 3. The summed E-state index contributed by atoms with van der Waals surface area (Å²) < 4.78 is 32.0. The van der Waals surface area contributed by atoms with Crippen LogP contribution in [0.2, 0.25) is 5.02 Å². The average molecular weight is 357 g/mol. The Balaban J connectivity index is 1.86. The predicted octanol–water partition coefficient (Wildman–Crippen LogP) is 2.96. The van der Waals surface area contributed by atoms with E-state index in [4.69, 9.17) is 16.1 Å². The molecule has 0 spiro atoms. The zero-order valence-corrected chi connectivity index (χ0v) is 13.5. The van der Waals surface area contributed by atoms with Gasteiger partial charge in [-0.05, 0) is 18.2 Å². The quantitative estimate of drug-likeness (QED) is 0.771. The topological polar surface area (TPSA) is 98.0 Å². The first-order valence-electron chi connectivity index (χ1n) is 5.98. The summed E-state index contributed by atoms with van der Waals surface area (Å²) in [7, 11) is -3.73. The van der Waals surface area contributed by atoms with Crippen LogP contribution in [0.25, 0.3) is 11.4 Å². The van der Waals surface area contributed by atoms with Crippen LogP contribution < -0.4 is 4.72 Å². The van der Waals surface area contributed by atoms with Crippen LogP contribution in [0.3, 0.4) is 0 Å².